The molecule has 23 heteroatoms. The lowest BCUT2D eigenvalue weighted by atomic mass is 9.74. The van der Waals surface area contributed by atoms with Crippen LogP contribution in [0.4, 0.5) is 17.6 Å². The predicted octanol–water partition coefficient (Wildman–Crippen LogP) is 7.22. The van der Waals surface area contributed by atoms with Gasteiger partial charge >= 0.3 is 21.4 Å². The summed E-state index contributed by atoms with van der Waals surface area (Å²) >= 11 is 6.28. The standard InChI is InChI=1S/C18H24F2N4O2.C17H21ClF2N4O2.C3H9B3O3.CH4/c1-12-22-24-15(10-21-16(24)14-4-8-26-9-5-14)17(25)23(12)11-13-2-6-18(19,20)7-3-13;18-16-22-24-13(9-21-14(24)12-3-7-26-8-4-12)15(25)23(16)10-11-1-5-17(19,20)6-2-11;1-4-7-5(2)9-6(3)8-4;/h10,13-14H,2-9,11H2,1H3;9,11-12H,1-8,10H2;1-3H3;1H4. The van der Waals surface area contributed by atoms with Crippen molar-refractivity contribution in [3.05, 3.63) is 55.9 Å². The molecular formula is C39H58B3ClF4N8O7. The molecule has 0 aromatic carbocycles. The first-order valence-electron chi connectivity index (χ1n) is 21.5. The fourth-order valence-electron chi connectivity index (χ4n) is 8.89. The first-order chi connectivity index (χ1) is 29.1. The van der Waals surface area contributed by atoms with Crippen molar-refractivity contribution in [2.24, 2.45) is 11.8 Å². The Labute approximate surface area is 365 Å². The van der Waals surface area contributed by atoms with Crippen LogP contribution in [0.15, 0.2) is 22.0 Å². The topological polar surface area (TPSA) is 151 Å². The van der Waals surface area contributed by atoms with Crippen molar-refractivity contribution in [2.45, 2.75) is 149 Å². The molecule has 5 fully saturated rings. The number of rotatable bonds is 6. The second-order valence-electron chi connectivity index (χ2n) is 17.0. The average molecular weight is 895 g/mol. The van der Waals surface area contributed by atoms with E-state index in [9.17, 15) is 27.2 Å². The highest BCUT2D eigenvalue weighted by atomic mass is 35.5. The fraction of sp³-hybridized carbons (Fsp3) is 0.744. The van der Waals surface area contributed by atoms with E-state index in [0.717, 1.165) is 37.3 Å². The Morgan fingerprint density at radius 3 is 1.44 bits per heavy atom. The normalized spacial score (nSPS) is 21.6. The van der Waals surface area contributed by atoms with Crippen LogP contribution >= 0.6 is 11.6 Å². The molecule has 4 aromatic rings. The predicted molar refractivity (Wildman–Crippen MR) is 228 cm³/mol. The maximum atomic E-state index is 13.4. The Kier molecular flexibility index (Phi) is 16.1. The Morgan fingerprint density at radius 1 is 0.645 bits per heavy atom. The highest BCUT2D eigenvalue weighted by Crippen LogP contribution is 2.38. The molecule has 62 heavy (non-hydrogen) atoms. The third kappa shape index (κ3) is 11.7. The van der Waals surface area contributed by atoms with Gasteiger partial charge in [0.15, 0.2) is 11.0 Å². The number of imidazole rings is 2. The van der Waals surface area contributed by atoms with E-state index in [1.807, 2.05) is 20.5 Å². The van der Waals surface area contributed by atoms with Gasteiger partial charge in [0.25, 0.3) is 11.1 Å². The van der Waals surface area contributed by atoms with Crippen LogP contribution < -0.4 is 11.1 Å². The molecule has 3 saturated heterocycles. The number of fused-ring (bicyclic) bond motifs is 2. The molecule has 0 radical (unpaired) electrons. The largest absolute Gasteiger partial charge is 0.453 e. The van der Waals surface area contributed by atoms with E-state index < -0.39 is 11.8 Å². The summed E-state index contributed by atoms with van der Waals surface area (Å²) < 4.78 is 85.7. The minimum atomic E-state index is -2.59. The molecule has 4 aromatic heterocycles. The van der Waals surface area contributed by atoms with Gasteiger partial charge in [0.05, 0.1) is 12.4 Å². The summed E-state index contributed by atoms with van der Waals surface area (Å²) in [5, 5.41) is 9.03. The van der Waals surface area contributed by atoms with E-state index >= 15 is 0 Å². The van der Waals surface area contributed by atoms with Crippen molar-refractivity contribution in [3.8, 4) is 0 Å². The van der Waals surface area contributed by atoms with Gasteiger partial charge in [0.2, 0.25) is 17.1 Å². The number of alkyl halides is 4. The van der Waals surface area contributed by atoms with Crippen molar-refractivity contribution in [2.75, 3.05) is 26.4 Å². The minimum Gasteiger partial charge on any atom is -0.453 e. The zero-order valence-corrected chi connectivity index (χ0v) is 36.0. The van der Waals surface area contributed by atoms with Gasteiger partial charge in [-0.3, -0.25) is 18.7 Å². The van der Waals surface area contributed by atoms with Crippen LogP contribution in [0.25, 0.3) is 11.0 Å². The van der Waals surface area contributed by atoms with E-state index in [1.165, 1.54) is 15.3 Å². The summed E-state index contributed by atoms with van der Waals surface area (Å²) in [6.45, 7) is 10.8. The second-order valence-corrected chi connectivity index (χ2v) is 17.3. The van der Waals surface area contributed by atoms with E-state index in [2.05, 4.69) is 20.2 Å². The van der Waals surface area contributed by atoms with Gasteiger partial charge in [-0.2, -0.15) is 5.10 Å². The number of halogens is 5. The molecule has 3 aliphatic heterocycles. The lowest BCUT2D eigenvalue weighted by Crippen LogP contribution is -2.44. The van der Waals surface area contributed by atoms with Crippen molar-refractivity contribution in [3.63, 3.8) is 0 Å². The quantitative estimate of drug-likeness (QED) is 0.143. The number of hydrogen-bond acceptors (Lipinski definition) is 11. The smallest absolute Gasteiger partial charge is 0.426 e. The van der Waals surface area contributed by atoms with Crippen LogP contribution in [0, 0.1) is 18.8 Å². The van der Waals surface area contributed by atoms with Crippen LogP contribution in [0.1, 0.15) is 114 Å². The molecule has 5 aliphatic rings. The Morgan fingerprint density at radius 2 is 1.02 bits per heavy atom. The van der Waals surface area contributed by atoms with Gasteiger partial charge in [-0.1, -0.05) is 7.43 Å². The van der Waals surface area contributed by atoms with E-state index in [0.29, 0.717) is 82.1 Å². The zero-order chi connectivity index (χ0) is 43.5. The first-order valence-corrected chi connectivity index (χ1v) is 21.9. The molecular weight excluding hydrogens is 836 g/mol. The van der Waals surface area contributed by atoms with Gasteiger partial charge in [-0.15, -0.1) is 5.10 Å². The second kappa shape index (κ2) is 20.7. The van der Waals surface area contributed by atoms with Crippen molar-refractivity contribution < 1.29 is 40.8 Å². The summed E-state index contributed by atoms with van der Waals surface area (Å²) in [6, 6.07) is 0. The molecule has 0 spiro atoms. The third-order valence-corrected chi connectivity index (χ3v) is 12.7. The molecule has 2 aliphatic carbocycles. The Hall–Kier alpha value is -3.30. The van der Waals surface area contributed by atoms with Crippen LogP contribution in [0.5, 0.6) is 0 Å². The van der Waals surface area contributed by atoms with Crippen LogP contribution in [-0.4, -0.2) is 98.0 Å². The summed E-state index contributed by atoms with van der Waals surface area (Å²) in [4.78, 5) is 34.6. The lowest BCUT2D eigenvalue weighted by molar-refractivity contribution is -0.0479. The molecule has 2 saturated carbocycles. The fourth-order valence-corrected chi connectivity index (χ4v) is 9.11. The van der Waals surface area contributed by atoms with E-state index in [1.54, 1.807) is 22.2 Å². The van der Waals surface area contributed by atoms with Crippen molar-refractivity contribution in [1.29, 1.82) is 0 Å². The Balaban J connectivity index is 0.000000170. The highest BCUT2D eigenvalue weighted by Gasteiger charge is 2.37. The molecule has 9 rings (SSSR count). The Bertz CT molecular complexity index is 2050. The van der Waals surface area contributed by atoms with Gasteiger partial charge in [-0.05, 0) is 102 Å². The van der Waals surface area contributed by atoms with E-state index in [4.69, 9.17) is 34.8 Å². The third-order valence-electron chi connectivity index (χ3n) is 12.4. The molecule has 0 atom stereocenters. The molecule has 0 N–H and O–H groups in total. The van der Waals surface area contributed by atoms with Crippen LogP contribution in [-0.2, 0) is 36.3 Å². The monoisotopic (exact) mass is 894 g/mol. The summed E-state index contributed by atoms with van der Waals surface area (Å²) in [7, 11) is -0.406. The molecule has 0 bridgehead atoms. The number of nitrogens with zero attached hydrogens (tertiary/aromatic N) is 8. The molecule has 0 unspecified atom stereocenters. The summed E-state index contributed by atoms with van der Waals surface area (Å²) in [5.41, 5.74) is 0.420. The number of ether oxygens (including phenoxy) is 2. The number of aryl methyl sites for hydroxylation is 1. The van der Waals surface area contributed by atoms with Crippen LogP contribution in [0.3, 0.4) is 0 Å². The summed E-state index contributed by atoms with van der Waals surface area (Å²) in [5.74, 6) is -2.47. The molecule has 7 heterocycles. The molecule has 15 nitrogen and oxygen atoms in total. The minimum absolute atomic E-state index is 0. The average Bonchev–Trinajstić information content (AvgIpc) is 3.85. The summed E-state index contributed by atoms with van der Waals surface area (Å²) in [6.07, 6.45) is 7.71. The maximum absolute atomic E-state index is 13.4. The number of aromatic nitrogens is 8. The zero-order valence-electron chi connectivity index (χ0n) is 35.2. The van der Waals surface area contributed by atoms with Gasteiger partial charge in [0.1, 0.15) is 17.5 Å². The first kappa shape index (κ1) is 48.2. The van der Waals surface area contributed by atoms with Crippen molar-refractivity contribution >= 4 is 44.0 Å². The van der Waals surface area contributed by atoms with Crippen LogP contribution in [0.2, 0.25) is 25.8 Å². The van der Waals surface area contributed by atoms with Gasteiger partial charge in [-0.25, -0.2) is 36.6 Å². The van der Waals surface area contributed by atoms with Gasteiger partial charge in [0, 0.05) is 77.0 Å². The van der Waals surface area contributed by atoms with E-state index in [-0.39, 0.29) is 94.5 Å². The molecule has 340 valence electrons. The van der Waals surface area contributed by atoms with Gasteiger partial charge < -0.3 is 23.2 Å². The maximum Gasteiger partial charge on any atom is 0.426 e. The molecule has 0 amide bonds. The highest BCUT2D eigenvalue weighted by molar-refractivity contribution is 6.72. The number of hydrogen-bond donors (Lipinski definition) is 0. The lowest BCUT2D eigenvalue weighted by Gasteiger charge is -2.28. The van der Waals surface area contributed by atoms with Crippen molar-refractivity contribution in [1.82, 2.24) is 38.3 Å². The SMILES string of the molecule is C.CB1OB(C)OB(C)O1.Cc1nn2c(C3CCOCC3)ncc2c(=O)n1CC1CCC(F)(F)CC1.O=c1c2cnc(C3CCOCC3)n2nc(Cl)n1CC1CCC(F)(F)CC1.